The number of H-pyrrole nitrogens is 1. The van der Waals surface area contributed by atoms with Crippen molar-refractivity contribution in [2.45, 2.75) is 43.3 Å². The summed E-state index contributed by atoms with van der Waals surface area (Å²) in [7, 11) is 0. The third-order valence-corrected chi connectivity index (χ3v) is 4.89. The molecule has 5 heteroatoms. The van der Waals surface area contributed by atoms with E-state index in [1.54, 1.807) is 0 Å². The lowest BCUT2D eigenvalue weighted by Crippen LogP contribution is -2.32. The number of fused-ring (bicyclic) bond motifs is 1. The topological polar surface area (TPSA) is 37.9 Å². The maximum absolute atomic E-state index is 5.92. The minimum atomic E-state index is -0.270. The number of hydrogen-bond donors (Lipinski definition) is 1. The summed E-state index contributed by atoms with van der Waals surface area (Å²) in [6.45, 7) is 2.94. The van der Waals surface area contributed by atoms with Crippen LogP contribution in [0.2, 0.25) is 0 Å². The molecule has 0 spiro atoms. The Hall–Kier alpha value is -0.390. The highest BCUT2D eigenvalue weighted by atomic mass is 32.2. The monoisotopic (exact) mass is 268 g/mol. The summed E-state index contributed by atoms with van der Waals surface area (Å²) in [5.74, 6) is 2.93. The van der Waals surface area contributed by atoms with Gasteiger partial charge in [-0.2, -0.15) is 11.8 Å². The molecule has 1 aromatic rings. The Morgan fingerprint density at radius 3 is 3.06 bits per heavy atom. The summed E-state index contributed by atoms with van der Waals surface area (Å²) in [6.07, 6.45) is 3.37. The van der Waals surface area contributed by atoms with Crippen molar-refractivity contribution >= 4 is 24.0 Å². The number of hydrogen-bond acceptors (Lipinski definition) is 4. The lowest BCUT2D eigenvalue weighted by Gasteiger charge is -2.33. The minimum absolute atomic E-state index is 0.270. The van der Waals surface area contributed by atoms with Crippen molar-refractivity contribution in [3.05, 3.63) is 21.7 Å². The van der Waals surface area contributed by atoms with Crippen molar-refractivity contribution in [3.8, 4) is 0 Å². The van der Waals surface area contributed by atoms with Crippen LogP contribution in [-0.4, -0.2) is 16.6 Å². The number of aromatic nitrogens is 2. The normalized spacial score (nSPS) is 28.1. The average molecular weight is 268 g/mol. The van der Waals surface area contributed by atoms with Crippen molar-refractivity contribution < 1.29 is 4.74 Å². The van der Waals surface area contributed by atoms with E-state index in [1.807, 2.05) is 11.8 Å². The van der Waals surface area contributed by atoms with Crippen molar-refractivity contribution in [1.29, 1.82) is 0 Å². The zero-order valence-corrected chi connectivity index (χ0v) is 11.5. The maximum atomic E-state index is 5.92. The first kappa shape index (κ1) is 11.7. The standard InChI is InChI=1S/C12H16N2OS2/c1-12(4-2-3-5-15-12)11-13-9-7-17-6-8(9)10(16)14-11/h2-7H2,1H3,(H,13,14,16). The number of aromatic amines is 1. The van der Waals surface area contributed by atoms with E-state index in [0.29, 0.717) is 0 Å². The first-order valence-corrected chi connectivity index (χ1v) is 7.60. The van der Waals surface area contributed by atoms with Gasteiger partial charge in [0.25, 0.3) is 0 Å². The van der Waals surface area contributed by atoms with Crippen LogP contribution in [0.5, 0.6) is 0 Å². The summed E-state index contributed by atoms with van der Waals surface area (Å²) in [4.78, 5) is 8.01. The number of rotatable bonds is 1. The molecule has 92 valence electrons. The van der Waals surface area contributed by atoms with Crippen LogP contribution in [0.15, 0.2) is 0 Å². The zero-order valence-electron chi connectivity index (χ0n) is 9.91. The minimum Gasteiger partial charge on any atom is -0.367 e. The van der Waals surface area contributed by atoms with E-state index >= 15 is 0 Å². The van der Waals surface area contributed by atoms with Gasteiger partial charge in [-0.3, -0.25) is 0 Å². The summed E-state index contributed by atoms with van der Waals surface area (Å²) < 4.78 is 6.68. The fourth-order valence-corrected chi connectivity index (χ4v) is 3.89. The van der Waals surface area contributed by atoms with E-state index in [-0.39, 0.29) is 5.60 Å². The molecule has 3 nitrogen and oxygen atoms in total. The van der Waals surface area contributed by atoms with Crippen LogP contribution in [0, 0.1) is 4.64 Å². The molecule has 1 aromatic heterocycles. The molecule has 1 saturated heterocycles. The number of nitrogens with one attached hydrogen (secondary N) is 1. The van der Waals surface area contributed by atoms with Gasteiger partial charge in [-0.05, 0) is 26.2 Å². The fraction of sp³-hybridized carbons (Fsp3) is 0.667. The van der Waals surface area contributed by atoms with Gasteiger partial charge in [0.05, 0.1) is 0 Å². The summed E-state index contributed by atoms with van der Waals surface area (Å²) >= 11 is 7.28. The van der Waals surface area contributed by atoms with E-state index in [9.17, 15) is 0 Å². The van der Waals surface area contributed by atoms with Crippen LogP contribution in [0.3, 0.4) is 0 Å². The molecular weight excluding hydrogens is 252 g/mol. The molecule has 17 heavy (non-hydrogen) atoms. The molecule has 3 heterocycles. The van der Waals surface area contributed by atoms with Crippen LogP contribution in [-0.2, 0) is 21.8 Å². The van der Waals surface area contributed by atoms with Crippen molar-refractivity contribution in [2.24, 2.45) is 0 Å². The Morgan fingerprint density at radius 1 is 1.41 bits per heavy atom. The molecule has 0 amide bonds. The second-order valence-electron chi connectivity index (χ2n) is 4.88. The molecule has 0 saturated carbocycles. The largest absolute Gasteiger partial charge is 0.367 e. The molecule has 2 aliphatic heterocycles. The number of nitrogens with zero attached hydrogens (tertiary/aromatic N) is 1. The van der Waals surface area contributed by atoms with Gasteiger partial charge in [0, 0.05) is 29.4 Å². The predicted molar refractivity (Wildman–Crippen MR) is 71.6 cm³/mol. The van der Waals surface area contributed by atoms with Gasteiger partial charge in [0.15, 0.2) is 0 Å². The molecule has 0 aliphatic carbocycles. The van der Waals surface area contributed by atoms with E-state index in [1.165, 1.54) is 17.7 Å². The van der Waals surface area contributed by atoms with E-state index in [0.717, 1.165) is 41.4 Å². The van der Waals surface area contributed by atoms with E-state index in [2.05, 4.69) is 16.9 Å². The third kappa shape index (κ3) is 2.04. The number of thioether (sulfide) groups is 1. The Kier molecular flexibility index (Phi) is 3.00. The van der Waals surface area contributed by atoms with Gasteiger partial charge in [-0.25, -0.2) is 4.98 Å². The molecular formula is C12H16N2OS2. The Balaban J connectivity index is 2.03. The zero-order chi connectivity index (χ0) is 11.9. The second kappa shape index (κ2) is 4.37. The van der Waals surface area contributed by atoms with Gasteiger partial charge in [-0.15, -0.1) is 0 Å². The Labute approximate surface area is 110 Å². The SMILES string of the molecule is CC1(c2nc(=S)c3c([nH]2)CSC3)CCCCO1. The first-order chi connectivity index (χ1) is 8.19. The summed E-state index contributed by atoms with van der Waals surface area (Å²) in [5, 5.41) is 0. The highest BCUT2D eigenvalue weighted by Gasteiger charge is 2.33. The highest BCUT2D eigenvalue weighted by molar-refractivity contribution is 7.98. The lowest BCUT2D eigenvalue weighted by molar-refractivity contribution is -0.0762. The number of ether oxygens (including phenoxy) is 1. The maximum Gasteiger partial charge on any atom is 0.140 e. The summed E-state index contributed by atoms with van der Waals surface area (Å²) in [5.41, 5.74) is 2.20. The summed E-state index contributed by atoms with van der Waals surface area (Å²) in [6, 6.07) is 0. The fourth-order valence-electron chi connectivity index (χ4n) is 2.44. The molecule has 0 aromatic carbocycles. The average Bonchev–Trinajstić information content (AvgIpc) is 2.78. The molecule has 3 rings (SSSR count). The smallest absolute Gasteiger partial charge is 0.140 e. The van der Waals surface area contributed by atoms with Crippen molar-refractivity contribution in [2.75, 3.05) is 6.61 Å². The van der Waals surface area contributed by atoms with Crippen LogP contribution in [0.4, 0.5) is 0 Å². The molecule has 1 unspecified atom stereocenters. The van der Waals surface area contributed by atoms with Gasteiger partial charge >= 0.3 is 0 Å². The van der Waals surface area contributed by atoms with Crippen molar-refractivity contribution in [1.82, 2.24) is 9.97 Å². The first-order valence-electron chi connectivity index (χ1n) is 6.03. The quantitative estimate of drug-likeness (QED) is 0.793. The van der Waals surface area contributed by atoms with Gasteiger partial charge in [0.1, 0.15) is 16.1 Å². The van der Waals surface area contributed by atoms with Crippen LogP contribution < -0.4 is 0 Å². The predicted octanol–water partition coefficient (Wildman–Crippen LogP) is 3.30. The van der Waals surface area contributed by atoms with E-state index < -0.39 is 0 Å². The molecule has 0 radical (unpaired) electrons. The van der Waals surface area contributed by atoms with Crippen LogP contribution in [0.1, 0.15) is 43.3 Å². The second-order valence-corrected chi connectivity index (χ2v) is 6.25. The van der Waals surface area contributed by atoms with Gasteiger partial charge in [-0.1, -0.05) is 12.2 Å². The lowest BCUT2D eigenvalue weighted by atomic mass is 9.95. The molecule has 1 N–H and O–H groups in total. The van der Waals surface area contributed by atoms with Crippen LogP contribution in [0.25, 0.3) is 0 Å². The molecule has 0 bridgehead atoms. The van der Waals surface area contributed by atoms with Crippen molar-refractivity contribution in [3.63, 3.8) is 0 Å². The Bertz CT molecular complexity index is 492. The Morgan fingerprint density at radius 2 is 2.29 bits per heavy atom. The molecule has 1 atom stereocenters. The molecule has 1 fully saturated rings. The van der Waals surface area contributed by atoms with Gasteiger partial charge < -0.3 is 9.72 Å². The third-order valence-electron chi connectivity index (χ3n) is 3.57. The molecule has 2 aliphatic rings. The van der Waals surface area contributed by atoms with Gasteiger partial charge in [0.2, 0.25) is 0 Å². The van der Waals surface area contributed by atoms with E-state index in [4.69, 9.17) is 17.0 Å². The highest BCUT2D eigenvalue weighted by Crippen LogP contribution is 2.35. The van der Waals surface area contributed by atoms with Crippen LogP contribution >= 0.6 is 24.0 Å².